The maximum atomic E-state index is 10.4. The fourth-order valence-corrected chi connectivity index (χ4v) is 2.45. The van der Waals surface area contributed by atoms with Crippen LogP contribution in [0.15, 0.2) is 29.2 Å². The van der Waals surface area contributed by atoms with Gasteiger partial charge in [0.25, 0.3) is 0 Å². The van der Waals surface area contributed by atoms with Crippen LogP contribution in [0.4, 0.5) is 0 Å². The normalized spacial score (nSPS) is 11.3. The summed E-state index contributed by atoms with van der Waals surface area (Å²) >= 11 is 0. The van der Waals surface area contributed by atoms with Crippen LogP contribution in [0.5, 0.6) is 0 Å². The second-order valence-electron chi connectivity index (χ2n) is 6.38. The average Bonchev–Trinajstić information content (AvgIpc) is 2.47. The zero-order valence-corrected chi connectivity index (χ0v) is 15.6. The van der Waals surface area contributed by atoms with Crippen molar-refractivity contribution < 1.29 is 22.6 Å². The first-order chi connectivity index (χ1) is 11.1. The molecule has 24 heavy (non-hydrogen) atoms. The van der Waals surface area contributed by atoms with Gasteiger partial charge in [0.05, 0.1) is 25.5 Å². The van der Waals surface area contributed by atoms with Gasteiger partial charge in [-0.05, 0) is 38.3 Å². The summed E-state index contributed by atoms with van der Waals surface area (Å²) in [4.78, 5) is -0.178. The predicted molar refractivity (Wildman–Crippen MR) is 92.2 cm³/mol. The number of aliphatic hydroxyl groups is 1. The Labute approximate surface area is 145 Å². The number of benzene rings is 1. The molecular formula is C17H28N2O4S. The van der Waals surface area contributed by atoms with Crippen LogP contribution in [0.3, 0.4) is 0 Å². The van der Waals surface area contributed by atoms with Gasteiger partial charge >= 0.3 is 0 Å². The Bertz CT molecular complexity index is 604. The SMILES string of the molecule is C[N+](C)(CC#N)CCCCCCO.Cc1ccc(S(=O)(=O)[O-])cc1. The quantitative estimate of drug-likeness (QED) is 0.332. The Morgan fingerprint density at radius 1 is 1.12 bits per heavy atom. The molecule has 0 aliphatic carbocycles. The molecule has 1 aromatic rings. The molecule has 0 aliphatic rings. The molecule has 0 bridgehead atoms. The van der Waals surface area contributed by atoms with Crippen molar-refractivity contribution in [3.05, 3.63) is 29.8 Å². The number of unbranched alkanes of at least 4 members (excludes halogenated alkanes) is 3. The molecule has 0 spiro atoms. The number of hydrogen-bond donors (Lipinski definition) is 1. The van der Waals surface area contributed by atoms with E-state index in [1.807, 2.05) is 6.92 Å². The predicted octanol–water partition coefficient (Wildman–Crippen LogP) is 2.04. The van der Waals surface area contributed by atoms with E-state index in [9.17, 15) is 13.0 Å². The molecule has 0 fully saturated rings. The van der Waals surface area contributed by atoms with Crippen LogP contribution >= 0.6 is 0 Å². The Kier molecular flexibility index (Phi) is 10.5. The maximum Gasteiger partial charge on any atom is 0.166 e. The van der Waals surface area contributed by atoms with Gasteiger partial charge < -0.3 is 14.1 Å². The summed E-state index contributed by atoms with van der Waals surface area (Å²) in [6.45, 7) is 3.76. The topological polar surface area (TPSA) is 101 Å². The summed E-state index contributed by atoms with van der Waals surface area (Å²) in [6, 6.07) is 7.97. The fraction of sp³-hybridized carbons (Fsp3) is 0.588. The van der Waals surface area contributed by atoms with Gasteiger partial charge in [-0.3, -0.25) is 0 Å². The third-order valence-electron chi connectivity index (χ3n) is 3.48. The monoisotopic (exact) mass is 356 g/mol. The van der Waals surface area contributed by atoms with Crippen molar-refractivity contribution in [2.75, 3.05) is 33.8 Å². The Morgan fingerprint density at radius 3 is 2.12 bits per heavy atom. The number of quaternary nitrogens is 1. The van der Waals surface area contributed by atoms with Crippen molar-refractivity contribution >= 4 is 10.1 Å². The molecule has 1 rings (SSSR count). The van der Waals surface area contributed by atoms with Crippen molar-refractivity contribution in [2.24, 2.45) is 0 Å². The van der Waals surface area contributed by atoms with Crippen LogP contribution in [-0.4, -0.2) is 56.4 Å². The summed E-state index contributed by atoms with van der Waals surface area (Å²) in [5, 5.41) is 17.1. The van der Waals surface area contributed by atoms with E-state index in [0.29, 0.717) is 13.2 Å². The molecule has 0 aliphatic heterocycles. The van der Waals surface area contributed by atoms with Crippen molar-refractivity contribution in [1.82, 2.24) is 0 Å². The number of nitriles is 1. The van der Waals surface area contributed by atoms with Gasteiger partial charge in [-0.1, -0.05) is 24.1 Å². The first kappa shape index (κ1) is 22.5. The average molecular weight is 356 g/mol. The second-order valence-corrected chi connectivity index (χ2v) is 7.76. The van der Waals surface area contributed by atoms with Crippen LogP contribution < -0.4 is 0 Å². The molecule has 0 saturated heterocycles. The highest BCUT2D eigenvalue weighted by molar-refractivity contribution is 7.85. The number of aryl methyl sites for hydroxylation is 1. The van der Waals surface area contributed by atoms with E-state index in [-0.39, 0.29) is 4.90 Å². The zero-order chi connectivity index (χ0) is 18.6. The largest absolute Gasteiger partial charge is 0.744 e. The molecular weight excluding hydrogens is 328 g/mol. The molecule has 0 amide bonds. The highest BCUT2D eigenvalue weighted by Gasteiger charge is 2.12. The first-order valence-electron chi connectivity index (χ1n) is 7.95. The van der Waals surface area contributed by atoms with Gasteiger partial charge in [0.2, 0.25) is 0 Å². The third-order valence-corrected chi connectivity index (χ3v) is 4.33. The van der Waals surface area contributed by atoms with Crippen LogP contribution in [0.1, 0.15) is 31.2 Å². The van der Waals surface area contributed by atoms with Gasteiger partial charge in [-0.25, -0.2) is 8.42 Å². The summed E-state index contributed by atoms with van der Waals surface area (Å²) in [7, 11) is -0.112. The molecule has 136 valence electrons. The van der Waals surface area contributed by atoms with Crippen LogP contribution in [0, 0.1) is 18.3 Å². The molecule has 1 N–H and O–H groups in total. The van der Waals surface area contributed by atoms with E-state index in [0.717, 1.165) is 42.3 Å². The molecule has 0 atom stereocenters. The van der Waals surface area contributed by atoms with Gasteiger partial charge in [-0.2, -0.15) is 5.26 Å². The third kappa shape index (κ3) is 11.1. The lowest BCUT2D eigenvalue weighted by Crippen LogP contribution is -2.40. The minimum absolute atomic E-state index is 0.178. The molecule has 0 aromatic heterocycles. The van der Waals surface area contributed by atoms with Crippen molar-refractivity contribution in [3.63, 3.8) is 0 Å². The molecule has 0 radical (unpaired) electrons. The summed E-state index contributed by atoms with van der Waals surface area (Å²) in [5.41, 5.74) is 0.928. The lowest BCUT2D eigenvalue weighted by molar-refractivity contribution is -0.883. The molecule has 7 heteroatoms. The van der Waals surface area contributed by atoms with Crippen LogP contribution in [-0.2, 0) is 10.1 Å². The summed E-state index contributed by atoms with van der Waals surface area (Å²) in [5.74, 6) is 0. The van der Waals surface area contributed by atoms with Gasteiger partial charge in [0, 0.05) is 6.61 Å². The molecule has 0 heterocycles. The molecule has 1 aromatic carbocycles. The summed E-state index contributed by atoms with van der Waals surface area (Å²) < 4.78 is 32.0. The van der Waals surface area contributed by atoms with E-state index < -0.39 is 10.1 Å². The Balaban J connectivity index is 0.000000446. The maximum absolute atomic E-state index is 10.4. The van der Waals surface area contributed by atoms with E-state index in [1.165, 1.54) is 12.1 Å². The Morgan fingerprint density at radius 2 is 1.67 bits per heavy atom. The fourth-order valence-electron chi connectivity index (χ4n) is 1.98. The van der Waals surface area contributed by atoms with Crippen LogP contribution in [0.2, 0.25) is 0 Å². The van der Waals surface area contributed by atoms with Crippen molar-refractivity contribution in [1.29, 1.82) is 5.26 Å². The summed E-state index contributed by atoms with van der Waals surface area (Å²) in [6.07, 6.45) is 4.32. The van der Waals surface area contributed by atoms with Gasteiger partial charge in [0.15, 0.2) is 6.54 Å². The number of aliphatic hydroxyl groups excluding tert-OH is 1. The first-order valence-corrected chi connectivity index (χ1v) is 9.35. The molecule has 6 nitrogen and oxygen atoms in total. The zero-order valence-electron chi connectivity index (χ0n) is 14.7. The van der Waals surface area contributed by atoms with E-state index >= 15 is 0 Å². The number of nitrogens with zero attached hydrogens (tertiary/aromatic N) is 2. The van der Waals surface area contributed by atoms with Crippen molar-refractivity contribution in [2.45, 2.75) is 37.5 Å². The number of hydrogen-bond acceptors (Lipinski definition) is 5. The highest BCUT2D eigenvalue weighted by atomic mass is 32.2. The molecule has 0 unspecified atom stereocenters. The van der Waals surface area contributed by atoms with Crippen LogP contribution in [0.25, 0.3) is 0 Å². The van der Waals surface area contributed by atoms with Gasteiger partial charge in [0.1, 0.15) is 16.2 Å². The highest BCUT2D eigenvalue weighted by Crippen LogP contribution is 2.08. The minimum atomic E-state index is -4.27. The molecule has 0 saturated carbocycles. The lowest BCUT2D eigenvalue weighted by atomic mass is 10.2. The van der Waals surface area contributed by atoms with Gasteiger partial charge in [-0.15, -0.1) is 0 Å². The smallest absolute Gasteiger partial charge is 0.166 e. The minimum Gasteiger partial charge on any atom is -0.744 e. The lowest BCUT2D eigenvalue weighted by Gasteiger charge is -2.26. The van der Waals surface area contributed by atoms with E-state index in [1.54, 1.807) is 12.1 Å². The number of rotatable bonds is 8. The van der Waals surface area contributed by atoms with E-state index in [2.05, 4.69) is 20.2 Å². The standard InChI is InChI=1S/C10H21N2O.C7H8O3S/c1-12(2,9-7-11)8-5-3-4-6-10-13;1-6-2-4-7(5-3-6)11(8,9)10/h13H,3-6,8-10H2,1-2H3;2-5H,1H3,(H,8,9,10)/q+1;/p-1. The Hall–Kier alpha value is -1.46. The van der Waals surface area contributed by atoms with E-state index in [4.69, 9.17) is 10.4 Å². The van der Waals surface area contributed by atoms with Crippen molar-refractivity contribution in [3.8, 4) is 6.07 Å². The second kappa shape index (κ2) is 11.2.